The summed E-state index contributed by atoms with van der Waals surface area (Å²) in [5, 5.41) is 0. The Balaban J connectivity index is 1.58. The van der Waals surface area contributed by atoms with Crippen LogP contribution in [0.5, 0.6) is 23.0 Å². The van der Waals surface area contributed by atoms with Crippen LogP contribution in [0.25, 0.3) is 6.08 Å². The van der Waals surface area contributed by atoms with Gasteiger partial charge in [0.2, 0.25) is 5.78 Å². The molecule has 0 saturated carbocycles. The Bertz CT molecular complexity index is 1170. The average Bonchev–Trinajstić information content (AvgIpc) is 3.09. The van der Waals surface area contributed by atoms with Crippen LogP contribution in [0, 0.1) is 6.92 Å². The first-order chi connectivity index (χ1) is 15.0. The molecule has 0 atom stereocenters. The number of fused-ring (bicyclic) bond motifs is 1. The molecule has 3 aromatic rings. The van der Waals surface area contributed by atoms with E-state index in [1.54, 1.807) is 38.5 Å². The van der Waals surface area contributed by atoms with Gasteiger partial charge in [0.1, 0.15) is 29.6 Å². The summed E-state index contributed by atoms with van der Waals surface area (Å²) in [5.74, 6) is 2.49. The molecule has 0 spiro atoms. The molecule has 0 radical (unpaired) electrons. The van der Waals surface area contributed by atoms with Gasteiger partial charge < -0.3 is 18.9 Å². The lowest BCUT2D eigenvalue weighted by molar-refractivity contribution is 0.101. The number of halogens is 1. The molecule has 0 aromatic heterocycles. The van der Waals surface area contributed by atoms with E-state index < -0.39 is 0 Å². The Morgan fingerprint density at radius 1 is 0.968 bits per heavy atom. The number of carbonyl (C=O) groups is 1. The van der Waals surface area contributed by atoms with E-state index in [2.05, 4.69) is 15.9 Å². The van der Waals surface area contributed by atoms with E-state index in [1.807, 2.05) is 43.3 Å². The highest BCUT2D eigenvalue weighted by Crippen LogP contribution is 2.38. The van der Waals surface area contributed by atoms with Gasteiger partial charge in [0.25, 0.3) is 0 Å². The smallest absolute Gasteiger partial charge is 0.232 e. The first kappa shape index (κ1) is 21.0. The minimum Gasteiger partial charge on any atom is -0.497 e. The molecule has 0 N–H and O–H groups in total. The number of Topliss-reactive ketones (excluding diaryl/α,β-unsaturated/α-hetero) is 1. The fraction of sp³-hybridized carbons (Fsp3) is 0.160. The van der Waals surface area contributed by atoms with Crippen molar-refractivity contribution >= 4 is 27.8 Å². The van der Waals surface area contributed by atoms with E-state index in [4.69, 9.17) is 18.9 Å². The Morgan fingerprint density at radius 3 is 2.45 bits per heavy atom. The number of carbonyl (C=O) groups excluding carboxylic acids is 1. The number of rotatable bonds is 6. The number of allylic oxidation sites excluding steroid dienone is 1. The third-order valence-corrected chi connectivity index (χ3v) is 5.52. The predicted molar refractivity (Wildman–Crippen MR) is 122 cm³/mol. The van der Waals surface area contributed by atoms with Crippen molar-refractivity contribution in [2.24, 2.45) is 0 Å². The highest BCUT2D eigenvalue weighted by molar-refractivity contribution is 9.10. The highest BCUT2D eigenvalue weighted by atomic mass is 79.9. The second-order valence-corrected chi connectivity index (χ2v) is 7.99. The maximum atomic E-state index is 13.0. The molecule has 0 aliphatic carbocycles. The van der Waals surface area contributed by atoms with Crippen LogP contribution in [0.2, 0.25) is 0 Å². The Hall–Kier alpha value is -3.25. The van der Waals surface area contributed by atoms with E-state index in [0.29, 0.717) is 35.2 Å². The number of ketones is 1. The van der Waals surface area contributed by atoms with Crippen LogP contribution in [0.15, 0.2) is 64.8 Å². The highest BCUT2D eigenvalue weighted by Gasteiger charge is 2.30. The zero-order valence-electron chi connectivity index (χ0n) is 17.4. The van der Waals surface area contributed by atoms with Crippen molar-refractivity contribution in [3.63, 3.8) is 0 Å². The van der Waals surface area contributed by atoms with Crippen molar-refractivity contribution in [3.8, 4) is 23.0 Å². The molecule has 0 fully saturated rings. The van der Waals surface area contributed by atoms with Crippen LogP contribution >= 0.6 is 15.9 Å². The lowest BCUT2D eigenvalue weighted by Gasteiger charge is -2.09. The molecule has 4 rings (SSSR count). The standard InChI is InChI=1S/C25H21BrO5/c1-15-10-20(30-14-16-4-7-18(26)8-5-16)13-22-24(15)25(27)23(31-22)11-17-6-9-19(28-2)12-21(17)29-3/h4-13H,14H2,1-3H3/b23-11-. The largest absolute Gasteiger partial charge is 0.497 e. The summed E-state index contributed by atoms with van der Waals surface area (Å²) in [6, 6.07) is 16.9. The second-order valence-electron chi connectivity index (χ2n) is 7.08. The van der Waals surface area contributed by atoms with Crippen molar-refractivity contribution < 1.29 is 23.7 Å². The number of hydrogen-bond donors (Lipinski definition) is 0. The minimum atomic E-state index is -0.162. The molecule has 0 saturated heterocycles. The number of hydrogen-bond acceptors (Lipinski definition) is 5. The van der Waals surface area contributed by atoms with E-state index >= 15 is 0 Å². The molecule has 0 amide bonds. The SMILES string of the molecule is COc1ccc(/C=C2\Oc3cc(OCc4ccc(Br)cc4)cc(C)c3C2=O)c(OC)c1. The molecule has 6 heteroatoms. The van der Waals surface area contributed by atoms with Gasteiger partial charge in [0.05, 0.1) is 19.8 Å². The third-order valence-electron chi connectivity index (χ3n) is 4.99. The molecular formula is C25H21BrO5. The lowest BCUT2D eigenvalue weighted by atomic mass is 10.0. The van der Waals surface area contributed by atoms with Crippen molar-refractivity contribution in [2.75, 3.05) is 14.2 Å². The summed E-state index contributed by atoms with van der Waals surface area (Å²) in [7, 11) is 3.16. The van der Waals surface area contributed by atoms with Gasteiger partial charge in [-0.2, -0.15) is 0 Å². The lowest BCUT2D eigenvalue weighted by Crippen LogP contribution is -2.00. The first-order valence-corrected chi connectivity index (χ1v) is 10.5. The maximum Gasteiger partial charge on any atom is 0.232 e. The summed E-state index contributed by atoms with van der Waals surface area (Å²) in [4.78, 5) is 13.0. The molecule has 1 heterocycles. The summed E-state index contributed by atoms with van der Waals surface area (Å²) < 4.78 is 23.5. The predicted octanol–water partition coefficient (Wildman–Crippen LogP) is 5.97. The van der Waals surface area contributed by atoms with E-state index in [-0.39, 0.29) is 11.5 Å². The van der Waals surface area contributed by atoms with Crippen LogP contribution < -0.4 is 18.9 Å². The van der Waals surface area contributed by atoms with Crippen molar-refractivity contribution in [3.05, 3.63) is 87.1 Å². The minimum absolute atomic E-state index is 0.162. The first-order valence-electron chi connectivity index (χ1n) is 9.66. The van der Waals surface area contributed by atoms with Crippen LogP contribution in [0.4, 0.5) is 0 Å². The van der Waals surface area contributed by atoms with Gasteiger partial charge in [-0.3, -0.25) is 4.79 Å². The summed E-state index contributed by atoms with van der Waals surface area (Å²) in [6.45, 7) is 2.30. The fourth-order valence-electron chi connectivity index (χ4n) is 3.39. The Kier molecular flexibility index (Phi) is 6.00. The Morgan fingerprint density at radius 2 is 1.74 bits per heavy atom. The fourth-order valence-corrected chi connectivity index (χ4v) is 3.65. The summed E-state index contributed by atoms with van der Waals surface area (Å²) in [6.07, 6.45) is 1.68. The normalized spacial score (nSPS) is 13.7. The van der Waals surface area contributed by atoms with Gasteiger partial charge in [-0.1, -0.05) is 28.1 Å². The molecule has 0 unspecified atom stereocenters. The number of methoxy groups -OCH3 is 2. The van der Waals surface area contributed by atoms with Gasteiger partial charge in [0, 0.05) is 22.2 Å². The average molecular weight is 481 g/mol. The van der Waals surface area contributed by atoms with E-state index in [9.17, 15) is 4.79 Å². The second kappa shape index (κ2) is 8.86. The topological polar surface area (TPSA) is 54.0 Å². The zero-order valence-corrected chi connectivity index (χ0v) is 19.0. The summed E-state index contributed by atoms with van der Waals surface area (Å²) >= 11 is 3.43. The van der Waals surface area contributed by atoms with E-state index in [0.717, 1.165) is 21.2 Å². The Labute approximate surface area is 189 Å². The van der Waals surface area contributed by atoms with Crippen LogP contribution in [0.3, 0.4) is 0 Å². The summed E-state index contributed by atoms with van der Waals surface area (Å²) in [5.41, 5.74) is 3.13. The molecule has 158 valence electrons. The molecule has 5 nitrogen and oxygen atoms in total. The van der Waals surface area contributed by atoms with Gasteiger partial charge in [-0.15, -0.1) is 0 Å². The van der Waals surface area contributed by atoms with Crippen LogP contribution in [-0.4, -0.2) is 20.0 Å². The molecule has 0 bridgehead atoms. The number of aryl methyl sites for hydroxylation is 1. The molecular weight excluding hydrogens is 460 g/mol. The third kappa shape index (κ3) is 4.44. The monoisotopic (exact) mass is 480 g/mol. The van der Waals surface area contributed by atoms with Crippen LogP contribution in [-0.2, 0) is 6.61 Å². The molecule has 1 aliphatic rings. The van der Waals surface area contributed by atoms with Gasteiger partial charge in [0.15, 0.2) is 5.76 Å². The van der Waals surface area contributed by atoms with E-state index in [1.165, 1.54) is 0 Å². The molecule has 3 aromatic carbocycles. The van der Waals surface area contributed by atoms with Crippen molar-refractivity contribution in [2.45, 2.75) is 13.5 Å². The van der Waals surface area contributed by atoms with Gasteiger partial charge in [-0.25, -0.2) is 0 Å². The quantitative estimate of drug-likeness (QED) is 0.406. The number of ether oxygens (including phenoxy) is 4. The van der Waals surface area contributed by atoms with Crippen molar-refractivity contribution in [1.82, 2.24) is 0 Å². The molecule has 31 heavy (non-hydrogen) atoms. The van der Waals surface area contributed by atoms with Gasteiger partial charge in [-0.05, 0) is 54.5 Å². The maximum absolute atomic E-state index is 13.0. The van der Waals surface area contributed by atoms with Crippen molar-refractivity contribution in [1.29, 1.82) is 0 Å². The van der Waals surface area contributed by atoms with Gasteiger partial charge >= 0.3 is 0 Å². The zero-order chi connectivity index (χ0) is 22.0. The molecule has 1 aliphatic heterocycles. The van der Waals surface area contributed by atoms with Crippen LogP contribution in [0.1, 0.15) is 27.0 Å². The number of benzene rings is 3.